The van der Waals surface area contributed by atoms with E-state index in [4.69, 9.17) is 4.74 Å². The molecule has 0 saturated carbocycles. The number of hydrogen-bond acceptors (Lipinski definition) is 4. The van der Waals surface area contributed by atoms with Gasteiger partial charge in [0, 0.05) is 13.1 Å². The zero-order valence-electron chi connectivity index (χ0n) is 17.9. The van der Waals surface area contributed by atoms with Crippen molar-refractivity contribution < 1.29 is 22.3 Å². The van der Waals surface area contributed by atoms with Crippen LogP contribution in [-0.4, -0.2) is 21.4 Å². The first-order valence-corrected chi connectivity index (χ1v) is 11.5. The van der Waals surface area contributed by atoms with E-state index in [1.54, 1.807) is 25.3 Å². The van der Waals surface area contributed by atoms with Gasteiger partial charge in [0.25, 0.3) is 0 Å². The smallest absolute Gasteiger partial charge is 0.240 e. The third-order valence-electron chi connectivity index (χ3n) is 4.89. The van der Waals surface area contributed by atoms with E-state index < -0.39 is 15.8 Å². The van der Waals surface area contributed by atoms with Crippen LogP contribution in [0.5, 0.6) is 5.75 Å². The topological polar surface area (TPSA) is 84.5 Å². The number of nitrogens with one attached hydrogen (secondary N) is 2. The summed E-state index contributed by atoms with van der Waals surface area (Å²) < 4.78 is 46.2. The fraction of sp³-hybridized carbons (Fsp3) is 0.208. The van der Waals surface area contributed by atoms with Crippen LogP contribution in [0, 0.1) is 12.7 Å². The van der Waals surface area contributed by atoms with Crippen molar-refractivity contribution in [2.45, 2.75) is 31.3 Å². The largest absolute Gasteiger partial charge is 0.496 e. The number of aryl methyl sites for hydroxylation is 1. The number of ether oxygens (including phenoxy) is 1. The lowest BCUT2D eigenvalue weighted by molar-refractivity contribution is -0.120. The summed E-state index contributed by atoms with van der Waals surface area (Å²) >= 11 is 0. The predicted molar refractivity (Wildman–Crippen MR) is 120 cm³/mol. The highest BCUT2D eigenvalue weighted by atomic mass is 32.2. The molecule has 32 heavy (non-hydrogen) atoms. The molecule has 0 aromatic heterocycles. The van der Waals surface area contributed by atoms with Gasteiger partial charge in [0.1, 0.15) is 11.6 Å². The van der Waals surface area contributed by atoms with Gasteiger partial charge in [0.15, 0.2) is 0 Å². The number of benzene rings is 3. The minimum absolute atomic E-state index is 0.0267. The first-order valence-electron chi connectivity index (χ1n) is 10.00. The Morgan fingerprint density at radius 2 is 1.66 bits per heavy atom. The van der Waals surface area contributed by atoms with Crippen LogP contribution in [0.3, 0.4) is 0 Å². The lowest BCUT2D eigenvalue weighted by Gasteiger charge is -2.10. The number of sulfonamides is 1. The summed E-state index contributed by atoms with van der Waals surface area (Å²) in [7, 11) is -2.21. The second kappa shape index (κ2) is 10.4. The summed E-state index contributed by atoms with van der Waals surface area (Å²) in [6.07, 6.45) is 0.184. The van der Waals surface area contributed by atoms with E-state index >= 15 is 0 Å². The van der Waals surface area contributed by atoms with Crippen molar-refractivity contribution in [1.82, 2.24) is 10.0 Å². The van der Waals surface area contributed by atoms with Crippen molar-refractivity contribution in [2.75, 3.05) is 7.11 Å². The molecule has 6 nitrogen and oxygen atoms in total. The molecule has 0 radical (unpaired) electrons. The van der Waals surface area contributed by atoms with Gasteiger partial charge in [-0.1, -0.05) is 36.4 Å². The van der Waals surface area contributed by atoms with Crippen LogP contribution < -0.4 is 14.8 Å². The molecule has 0 unspecified atom stereocenters. The molecule has 1 amide bonds. The van der Waals surface area contributed by atoms with Gasteiger partial charge < -0.3 is 10.1 Å². The molecule has 2 N–H and O–H groups in total. The summed E-state index contributed by atoms with van der Waals surface area (Å²) in [5, 5.41) is 2.81. The number of amides is 1. The van der Waals surface area contributed by atoms with Gasteiger partial charge in [-0.3, -0.25) is 4.79 Å². The summed E-state index contributed by atoms with van der Waals surface area (Å²) in [6, 6.07) is 17.7. The molecule has 0 spiro atoms. The Morgan fingerprint density at radius 1 is 0.938 bits per heavy atom. The SMILES string of the molecule is COc1cc(CC(=O)NCc2cccc(S(=O)(=O)NCc3cccc(F)c3)c2)ccc1C. The van der Waals surface area contributed by atoms with E-state index in [0.29, 0.717) is 11.1 Å². The molecule has 8 heteroatoms. The maximum Gasteiger partial charge on any atom is 0.240 e. The van der Waals surface area contributed by atoms with Gasteiger partial charge in [0.05, 0.1) is 18.4 Å². The van der Waals surface area contributed by atoms with E-state index in [1.165, 1.54) is 30.3 Å². The van der Waals surface area contributed by atoms with E-state index in [2.05, 4.69) is 10.0 Å². The van der Waals surface area contributed by atoms with Crippen molar-refractivity contribution >= 4 is 15.9 Å². The van der Waals surface area contributed by atoms with Gasteiger partial charge in [-0.25, -0.2) is 17.5 Å². The first-order chi connectivity index (χ1) is 15.3. The number of hydrogen-bond donors (Lipinski definition) is 2. The van der Waals surface area contributed by atoms with Crippen molar-refractivity contribution in [1.29, 1.82) is 0 Å². The summed E-state index contributed by atoms with van der Waals surface area (Å²) in [4.78, 5) is 12.4. The molecule has 168 valence electrons. The van der Waals surface area contributed by atoms with E-state index in [0.717, 1.165) is 16.9 Å². The Hall–Kier alpha value is -3.23. The second-order valence-corrected chi connectivity index (χ2v) is 9.13. The molecule has 0 aliphatic heterocycles. The molecule has 0 bridgehead atoms. The Bertz CT molecular complexity index is 1210. The fourth-order valence-electron chi connectivity index (χ4n) is 3.15. The van der Waals surface area contributed by atoms with Crippen molar-refractivity contribution in [2.24, 2.45) is 0 Å². The molecule has 0 heterocycles. The number of methoxy groups -OCH3 is 1. The monoisotopic (exact) mass is 456 g/mol. The highest BCUT2D eigenvalue weighted by Crippen LogP contribution is 2.19. The van der Waals surface area contributed by atoms with Crippen LogP contribution in [0.2, 0.25) is 0 Å². The third-order valence-corrected chi connectivity index (χ3v) is 6.29. The van der Waals surface area contributed by atoms with E-state index in [1.807, 2.05) is 25.1 Å². The second-order valence-electron chi connectivity index (χ2n) is 7.36. The van der Waals surface area contributed by atoms with Crippen molar-refractivity contribution in [3.05, 3.63) is 94.8 Å². The molecular formula is C24H25FN2O4S. The third kappa shape index (κ3) is 6.38. The fourth-order valence-corrected chi connectivity index (χ4v) is 4.24. The molecule has 3 rings (SSSR count). The van der Waals surface area contributed by atoms with Gasteiger partial charge in [-0.15, -0.1) is 0 Å². The van der Waals surface area contributed by atoms with Gasteiger partial charge in [0.2, 0.25) is 15.9 Å². The standard InChI is InChI=1S/C24H25FN2O4S/c1-17-9-10-18(13-23(17)31-2)14-24(28)26-15-20-6-4-8-22(12-20)32(29,30)27-16-19-5-3-7-21(25)11-19/h3-13,27H,14-16H2,1-2H3,(H,26,28). The summed E-state index contributed by atoms with van der Waals surface area (Å²) in [5.41, 5.74) is 2.97. The lowest BCUT2D eigenvalue weighted by atomic mass is 10.1. The number of carbonyl (C=O) groups is 1. The molecule has 3 aromatic carbocycles. The molecule has 0 aliphatic rings. The van der Waals surface area contributed by atoms with E-state index in [9.17, 15) is 17.6 Å². The first kappa shape index (κ1) is 23.4. The minimum Gasteiger partial charge on any atom is -0.496 e. The van der Waals surface area contributed by atoms with Crippen LogP contribution in [0.4, 0.5) is 4.39 Å². The average molecular weight is 457 g/mol. The van der Waals surface area contributed by atoms with Gasteiger partial charge >= 0.3 is 0 Å². The van der Waals surface area contributed by atoms with Crippen LogP contribution in [0.15, 0.2) is 71.6 Å². The molecular weight excluding hydrogens is 431 g/mol. The van der Waals surface area contributed by atoms with Crippen molar-refractivity contribution in [3.8, 4) is 5.75 Å². The summed E-state index contributed by atoms with van der Waals surface area (Å²) in [6.45, 7) is 2.09. The number of carbonyl (C=O) groups excluding carboxylic acids is 1. The van der Waals surface area contributed by atoms with Crippen LogP contribution in [0.25, 0.3) is 0 Å². The Morgan fingerprint density at radius 3 is 2.38 bits per heavy atom. The van der Waals surface area contributed by atoms with Crippen LogP contribution >= 0.6 is 0 Å². The van der Waals surface area contributed by atoms with Gasteiger partial charge in [-0.2, -0.15) is 0 Å². The highest BCUT2D eigenvalue weighted by Gasteiger charge is 2.15. The molecule has 0 atom stereocenters. The van der Waals surface area contributed by atoms with Crippen LogP contribution in [-0.2, 0) is 34.3 Å². The van der Waals surface area contributed by atoms with Crippen molar-refractivity contribution in [3.63, 3.8) is 0 Å². The Balaban J connectivity index is 1.59. The lowest BCUT2D eigenvalue weighted by Crippen LogP contribution is -2.25. The number of halogens is 1. The Labute approximate surface area is 187 Å². The van der Waals surface area contributed by atoms with Gasteiger partial charge in [-0.05, 0) is 59.5 Å². The maximum absolute atomic E-state index is 13.3. The van der Waals surface area contributed by atoms with Crippen LogP contribution in [0.1, 0.15) is 22.3 Å². The maximum atomic E-state index is 13.3. The zero-order chi connectivity index (χ0) is 23.1. The average Bonchev–Trinajstić information content (AvgIpc) is 2.78. The number of rotatable bonds is 9. The quantitative estimate of drug-likeness (QED) is 0.516. The predicted octanol–water partition coefficient (Wildman–Crippen LogP) is 3.48. The molecule has 0 aliphatic carbocycles. The minimum atomic E-state index is -3.79. The molecule has 3 aromatic rings. The Kier molecular flexibility index (Phi) is 7.61. The van der Waals surface area contributed by atoms with E-state index in [-0.39, 0.29) is 30.3 Å². The normalized spacial score (nSPS) is 11.2. The molecule has 0 saturated heterocycles. The summed E-state index contributed by atoms with van der Waals surface area (Å²) in [5.74, 6) is 0.107. The molecule has 0 fully saturated rings. The zero-order valence-corrected chi connectivity index (χ0v) is 18.7. The highest BCUT2D eigenvalue weighted by molar-refractivity contribution is 7.89.